The van der Waals surface area contributed by atoms with E-state index in [0.29, 0.717) is 29.9 Å². The van der Waals surface area contributed by atoms with Crippen molar-refractivity contribution in [2.45, 2.75) is 44.6 Å². The molecule has 2 aromatic rings. The SMILES string of the molecule is Cc1ccc(NC(=O)Cn2cccc(C)c2=O)cc1S(=O)(=O)N1CCCCC1. The first-order valence-electron chi connectivity index (χ1n) is 9.36. The molecule has 0 bridgehead atoms. The molecule has 1 N–H and O–H groups in total. The van der Waals surface area contributed by atoms with Crippen LogP contribution in [0.1, 0.15) is 30.4 Å². The Morgan fingerprint density at radius 1 is 1.07 bits per heavy atom. The maximum absolute atomic E-state index is 13.0. The Bertz CT molecular complexity index is 1040. The number of piperidine rings is 1. The molecule has 0 aliphatic carbocycles. The Kier molecular flexibility index (Phi) is 6.00. The number of hydrogen-bond acceptors (Lipinski definition) is 4. The molecular weight excluding hydrogens is 378 g/mol. The summed E-state index contributed by atoms with van der Waals surface area (Å²) in [5, 5.41) is 2.70. The third-order valence-corrected chi connectivity index (χ3v) is 6.97. The van der Waals surface area contributed by atoms with Crippen molar-refractivity contribution >= 4 is 21.6 Å². The molecule has 1 aliphatic heterocycles. The summed E-state index contributed by atoms with van der Waals surface area (Å²) in [5.41, 5.74) is 1.36. The van der Waals surface area contributed by atoms with Gasteiger partial charge in [-0.15, -0.1) is 0 Å². The highest BCUT2D eigenvalue weighted by atomic mass is 32.2. The number of amides is 1. The minimum absolute atomic E-state index is 0.136. The highest BCUT2D eigenvalue weighted by Gasteiger charge is 2.27. The number of hydrogen-bond donors (Lipinski definition) is 1. The molecule has 0 saturated carbocycles. The van der Waals surface area contributed by atoms with Gasteiger partial charge in [0.05, 0.1) is 4.90 Å². The number of pyridine rings is 1. The predicted octanol–water partition coefficient (Wildman–Crippen LogP) is 2.28. The van der Waals surface area contributed by atoms with Crippen molar-refractivity contribution in [2.75, 3.05) is 18.4 Å². The minimum Gasteiger partial charge on any atom is -0.324 e. The lowest BCUT2D eigenvalue weighted by Crippen LogP contribution is -2.36. The van der Waals surface area contributed by atoms with Crippen LogP contribution < -0.4 is 10.9 Å². The third kappa shape index (κ3) is 4.34. The van der Waals surface area contributed by atoms with Crippen LogP contribution in [-0.2, 0) is 21.4 Å². The van der Waals surface area contributed by atoms with E-state index in [0.717, 1.165) is 19.3 Å². The molecule has 1 aliphatic rings. The molecule has 7 nitrogen and oxygen atoms in total. The number of benzene rings is 1. The van der Waals surface area contributed by atoms with Gasteiger partial charge in [-0.1, -0.05) is 18.6 Å². The quantitative estimate of drug-likeness (QED) is 0.830. The summed E-state index contributed by atoms with van der Waals surface area (Å²) in [7, 11) is -3.60. The summed E-state index contributed by atoms with van der Waals surface area (Å²) in [6.45, 7) is 4.34. The second-order valence-corrected chi connectivity index (χ2v) is 9.02. The molecule has 2 heterocycles. The number of nitrogens with one attached hydrogen (secondary N) is 1. The van der Waals surface area contributed by atoms with Gasteiger partial charge in [-0.05, 0) is 50.5 Å². The molecule has 1 amide bonds. The van der Waals surface area contributed by atoms with Crippen molar-refractivity contribution in [1.29, 1.82) is 0 Å². The number of anilines is 1. The molecule has 28 heavy (non-hydrogen) atoms. The van der Waals surface area contributed by atoms with Gasteiger partial charge in [-0.3, -0.25) is 9.59 Å². The largest absolute Gasteiger partial charge is 0.324 e. The number of carbonyl (C=O) groups is 1. The number of aryl methyl sites for hydroxylation is 2. The summed E-state index contributed by atoms with van der Waals surface area (Å²) in [6.07, 6.45) is 4.32. The van der Waals surface area contributed by atoms with E-state index in [-0.39, 0.29) is 17.0 Å². The van der Waals surface area contributed by atoms with Crippen molar-refractivity contribution in [3.63, 3.8) is 0 Å². The van der Waals surface area contributed by atoms with E-state index in [9.17, 15) is 18.0 Å². The maximum atomic E-state index is 13.0. The van der Waals surface area contributed by atoms with Crippen LogP contribution >= 0.6 is 0 Å². The van der Waals surface area contributed by atoms with E-state index in [2.05, 4.69) is 5.32 Å². The highest BCUT2D eigenvalue weighted by molar-refractivity contribution is 7.89. The summed E-state index contributed by atoms with van der Waals surface area (Å²) in [5.74, 6) is -0.391. The van der Waals surface area contributed by atoms with Gasteiger partial charge in [0.2, 0.25) is 15.9 Å². The fourth-order valence-corrected chi connectivity index (χ4v) is 5.10. The minimum atomic E-state index is -3.60. The van der Waals surface area contributed by atoms with Crippen molar-refractivity contribution in [2.24, 2.45) is 0 Å². The average molecular weight is 404 g/mol. The van der Waals surface area contributed by atoms with E-state index in [1.54, 1.807) is 44.3 Å². The zero-order valence-corrected chi connectivity index (χ0v) is 17.0. The van der Waals surface area contributed by atoms with Crippen LogP contribution in [0.15, 0.2) is 46.2 Å². The number of aromatic nitrogens is 1. The lowest BCUT2D eigenvalue weighted by Gasteiger charge is -2.26. The first-order valence-corrected chi connectivity index (χ1v) is 10.8. The van der Waals surface area contributed by atoms with Crippen molar-refractivity contribution in [3.05, 3.63) is 58.0 Å². The van der Waals surface area contributed by atoms with Crippen LogP contribution in [0.4, 0.5) is 5.69 Å². The molecule has 0 unspecified atom stereocenters. The summed E-state index contributed by atoms with van der Waals surface area (Å²) in [6, 6.07) is 8.25. The number of nitrogens with zero attached hydrogens (tertiary/aromatic N) is 2. The molecular formula is C20H25N3O4S. The maximum Gasteiger partial charge on any atom is 0.253 e. The average Bonchev–Trinajstić information content (AvgIpc) is 2.67. The highest BCUT2D eigenvalue weighted by Crippen LogP contribution is 2.26. The lowest BCUT2D eigenvalue weighted by molar-refractivity contribution is -0.116. The third-order valence-electron chi connectivity index (χ3n) is 4.93. The first-order chi connectivity index (χ1) is 13.3. The zero-order chi connectivity index (χ0) is 20.3. The van der Waals surface area contributed by atoms with Gasteiger partial charge in [0.15, 0.2) is 0 Å². The standard InChI is InChI=1S/C20H25N3O4S/c1-15-8-9-17(13-18(15)28(26,27)23-11-4-3-5-12-23)21-19(24)14-22-10-6-7-16(2)20(22)25/h6-10,13H,3-5,11-12,14H2,1-2H3,(H,21,24). The van der Waals surface area contributed by atoms with Gasteiger partial charge in [0.1, 0.15) is 6.54 Å². The number of rotatable bonds is 5. The van der Waals surface area contributed by atoms with Crippen LogP contribution in [0.25, 0.3) is 0 Å². The van der Waals surface area contributed by atoms with Crippen LogP contribution in [0.5, 0.6) is 0 Å². The molecule has 1 aromatic carbocycles. The van der Waals surface area contributed by atoms with E-state index >= 15 is 0 Å². The summed E-state index contributed by atoms with van der Waals surface area (Å²) >= 11 is 0. The molecule has 1 fully saturated rings. The Morgan fingerprint density at radius 3 is 2.50 bits per heavy atom. The molecule has 8 heteroatoms. The molecule has 0 radical (unpaired) electrons. The van der Waals surface area contributed by atoms with Gasteiger partial charge < -0.3 is 9.88 Å². The van der Waals surface area contributed by atoms with Gasteiger partial charge in [-0.2, -0.15) is 4.31 Å². The molecule has 1 aromatic heterocycles. The predicted molar refractivity (Wildman–Crippen MR) is 108 cm³/mol. The van der Waals surface area contributed by atoms with E-state index < -0.39 is 15.9 Å². The Labute approximate surface area is 165 Å². The summed E-state index contributed by atoms with van der Waals surface area (Å²) < 4.78 is 28.8. The van der Waals surface area contributed by atoms with Crippen LogP contribution in [-0.4, -0.2) is 36.3 Å². The van der Waals surface area contributed by atoms with Crippen molar-refractivity contribution in [3.8, 4) is 0 Å². The Morgan fingerprint density at radius 2 is 1.79 bits per heavy atom. The fraction of sp³-hybridized carbons (Fsp3) is 0.400. The van der Waals surface area contributed by atoms with Gasteiger partial charge in [0.25, 0.3) is 5.56 Å². The topological polar surface area (TPSA) is 88.5 Å². The van der Waals surface area contributed by atoms with Gasteiger partial charge in [0, 0.05) is 30.5 Å². The molecule has 1 saturated heterocycles. The van der Waals surface area contributed by atoms with Gasteiger partial charge >= 0.3 is 0 Å². The van der Waals surface area contributed by atoms with Crippen LogP contribution in [0, 0.1) is 13.8 Å². The second-order valence-electron chi connectivity index (χ2n) is 7.12. The lowest BCUT2D eigenvalue weighted by atomic mass is 10.2. The molecule has 150 valence electrons. The first kappa shape index (κ1) is 20.3. The second kappa shape index (κ2) is 8.28. The van der Waals surface area contributed by atoms with Crippen LogP contribution in [0.2, 0.25) is 0 Å². The Hall–Kier alpha value is -2.45. The Balaban J connectivity index is 1.80. The number of carbonyl (C=O) groups excluding carboxylic acids is 1. The molecule has 0 atom stereocenters. The normalized spacial score (nSPS) is 15.4. The number of sulfonamides is 1. The van der Waals surface area contributed by atoms with Gasteiger partial charge in [-0.25, -0.2) is 8.42 Å². The van der Waals surface area contributed by atoms with Crippen molar-refractivity contribution in [1.82, 2.24) is 8.87 Å². The molecule has 3 rings (SSSR count). The summed E-state index contributed by atoms with van der Waals surface area (Å²) in [4.78, 5) is 24.6. The van der Waals surface area contributed by atoms with Crippen LogP contribution in [0.3, 0.4) is 0 Å². The smallest absolute Gasteiger partial charge is 0.253 e. The fourth-order valence-electron chi connectivity index (χ4n) is 3.34. The van der Waals surface area contributed by atoms with E-state index in [4.69, 9.17) is 0 Å². The van der Waals surface area contributed by atoms with Crippen molar-refractivity contribution < 1.29 is 13.2 Å². The zero-order valence-electron chi connectivity index (χ0n) is 16.1. The monoisotopic (exact) mass is 403 g/mol. The van der Waals surface area contributed by atoms with E-state index in [1.807, 2.05) is 0 Å². The van der Waals surface area contributed by atoms with E-state index in [1.165, 1.54) is 14.9 Å². The molecule has 0 spiro atoms.